The molecule has 1 aromatic heterocycles. The van der Waals surface area contributed by atoms with Crippen molar-refractivity contribution in [2.45, 2.75) is 39.4 Å². The van der Waals surface area contributed by atoms with Crippen LogP contribution >= 0.6 is 0 Å². The highest BCUT2D eigenvalue weighted by atomic mass is 16.2. The Balaban J connectivity index is 1.84. The van der Waals surface area contributed by atoms with Crippen molar-refractivity contribution in [1.29, 1.82) is 5.26 Å². The first-order valence-electron chi connectivity index (χ1n) is 8.59. The molecule has 0 fully saturated rings. The molecule has 1 aromatic carbocycles. The average Bonchev–Trinajstić information content (AvgIpc) is 3.06. The topological polar surface area (TPSA) is 91.0 Å². The van der Waals surface area contributed by atoms with Crippen LogP contribution in [-0.2, 0) is 6.54 Å². The van der Waals surface area contributed by atoms with Crippen LogP contribution in [0.5, 0.6) is 0 Å². The number of benzene rings is 1. The fourth-order valence-electron chi connectivity index (χ4n) is 3.10. The quantitative estimate of drug-likeness (QED) is 0.917. The molecule has 0 radical (unpaired) electrons. The molecule has 7 nitrogen and oxygen atoms in total. The van der Waals surface area contributed by atoms with Crippen molar-refractivity contribution in [2.24, 2.45) is 0 Å². The monoisotopic (exact) mass is 351 g/mol. The number of fused-ring (bicyclic) bond motifs is 1. The summed E-state index contributed by atoms with van der Waals surface area (Å²) >= 11 is 0. The van der Waals surface area contributed by atoms with Gasteiger partial charge in [0.1, 0.15) is 11.5 Å². The van der Waals surface area contributed by atoms with Crippen LogP contribution in [0, 0.1) is 11.3 Å². The molecule has 7 heteroatoms. The Morgan fingerprint density at radius 3 is 2.81 bits per heavy atom. The van der Waals surface area contributed by atoms with Gasteiger partial charge in [-0.2, -0.15) is 5.26 Å². The standard InChI is InChI=1S/C19H21N5O2/c1-12(2)21-18(25)16-11-23-7-8-24(13(3)17(23)22-16)19(26)15-6-4-5-14(9-15)10-20/h4-6,9,11-13H,7-8H2,1-3H3,(H,21,25). The lowest BCUT2D eigenvalue weighted by Gasteiger charge is -2.33. The number of nitriles is 1. The van der Waals surface area contributed by atoms with Gasteiger partial charge in [-0.1, -0.05) is 6.07 Å². The van der Waals surface area contributed by atoms with E-state index in [9.17, 15) is 9.59 Å². The van der Waals surface area contributed by atoms with Gasteiger partial charge in [-0.15, -0.1) is 0 Å². The van der Waals surface area contributed by atoms with Crippen molar-refractivity contribution in [2.75, 3.05) is 6.54 Å². The number of carbonyl (C=O) groups excluding carboxylic acids is 2. The fourth-order valence-corrected chi connectivity index (χ4v) is 3.10. The maximum atomic E-state index is 12.9. The summed E-state index contributed by atoms with van der Waals surface area (Å²) in [5.41, 5.74) is 1.30. The minimum absolute atomic E-state index is 0.0316. The highest BCUT2D eigenvalue weighted by Crippen LogP contribution is 2.26. The van der Waals surface area contributed by atoms with Gasteiger partial charge in [0.15, 0.2) is 0 Å². The zero-order valence-corrected chi connectivity index (χ0v) is 15.1. The van der Waals surface area contributed by atoms with E-state index in [-0.39, 0.29) is 23.9 Å². The Hall–Kier alpha value is -3.14. The maximum absolute atomic E-state index is 12.9. The molecule has 134 valence electrons. The first-order valence-corrected chi connectivity index (χ1v) is 8.59. The van der Waals surface area contributed by atoms with Gasteiger partial charge in [-0.3, -0.25) is 9.59 Å². The average molecular weight is 351 g/mol. The van der Waals surface area contributed by atoms with E-state index in [1.807, 2.05) is 25.3 Å². The van der Waals surface area contributed by atoms with Crippen molar-refractivity contribution in [3.05, 3.63) is 53.1 Å². The smallest absolute Gasteiger partial charge is 0.271 e. The molecular weight excluding hydrogens is 330 g/mol. The lowest BCUT2D eigenvalue weighted by molar-refractivity contribution is 0.0638. The fraction of sp³-hybridized carbons (Fsp3) is 0.368. The van der Waals surface area contributed by atoms with Crippen LogP contribution in [-0.4, -0.2) is 38.9 Å². The van der Waals surface area contributed by atoms with Gasteiger partial charge in [-0.05, 0) is 39.0 Å². The highest BCUT2D eigenvalue weighted by molar-refractivity contribution is 5.95. The van der Waals surface area contributed by atoms with E-state index in [0.29, 0.717) is 35.7 Å². The van der Waals surface area contributed by atoms with Gasteiger partial charge in [0.05, 0.1) is 17.7 Å². The second-order valence-electron chi connectivity index (χ2n) is 6.67. The van der Waals surface area contributed by atoms with Crippen molar-refractivity contribution < 1.29 is 9.59 Å². The Morgan fingerprint density at radius 2 is 2.12 bits per heavy atom. The van der Waals surface area contributed by atoms with E-state index in [1.165, 1.54) is 0 Å². The van der Waals surface area contributed by atoms with E-state index in [1.54, 1.807) is 35.4 Å². The maximum Gasteiger partial charge on any atom is 0.271 e. The molecule has 0 aliphatic carbocycles. The Morgan fingerprint density at radius 1 is 1.35 bits per heavy atom. The molecule has 1 aliphatic rings. The van der Waals surface area contributed by atoms with Gasteiger partial charge >= 0.3 is 0 Å². The number of amides is 2. The molecule has 26 heavy (non-hydrogen) atoms. The molecule has 2 heterocycles. The molecule has 1 unspecified atom stereocenters. The summed E-state index contributed by atoms with van der Waals surface area (Å²) in [4.78, 5) is 31.2. The molecular formula is C19H21N5O2. The van der Waals surface area contributed by atoms with Crippen LogP contribution in [0.4, 0.5) is 0 Å². The van der Waals surface area contributed by atoms with Gasteiger partial charge in [0.2, 0.25) is 0 Å². The van der Waals surface area contributed by atoms with E-state index in [0.717, 1.165) is 0 Å². The third-order valence-corrected chi connectivity index (χ3v) is 4.38. The van der Waals surface area contributed by atoms with Crippen LogP contribution < -0.4 is 5.32 Å². The van der Waals surface area contributed by atoms with Crippen LogP contribution in [0.25, 0.3) is 0 Å². The molecule has 0 spiro atoms. The summed E-state index contributed by atoms with van der Waals surface area (Å²) in [6, 6.07) is 8.50. The highest BCUT2D eigenvalue weighted by Gasteiger charge is 2.31. The molecule has 3 rings (SSSR count). The first-order chi connectivity index (χ1) is 12.4. The first kappa shape index (κ1) is 17.7. The number of aromatic nitrogens is 2. The molecule has 0 saturated heterocycles. The second kappa shape index (κ2) is 7.00. The van der Waals surface area contributed by atoms with E-state index >= 15 is 0 Å². The molecule has 1 aliphatic heterocycles. The molecule has 2 aromatic rings. The van der Waals surface area contributed by atoms with Gasteiger partial charge in [0, 0.05) is 30.9 Å². The predicted molar refractivity (Wildman–Crippen MR) is 95.4 cm³/mol. The third-order valence-electron chi connectivity index (χ3n) is 4.38. The molecule has 1 atom stereocenters. The number of rotatable bonds is 3. The Bertz CT molecular complexity index is 894. The van der Waals surface area contributed by atoms with E-state index < -0.39 is 0 Å². The van der Waals surface area contributed by atoms with Crippen LogP contribution in [0.15, 0.2) is 30.5 Å². The summed E-state index contributed by atoms with van der Waals surface area (Å²) in [7, 11) is 0. The van der Waals surface area contributed by atoms with Crippen molar-refractivity contribution >= 4 is 11.8 Å². The minimum Gasteiger partial charge on any atom is -0.348 e. The van der Waals surface area contributed by atoms with Crippen LogP contribution in [0.1, 0.15) is 59.0 Å². The molecule has 2 amide bonds. The zero-order valence-electron chi connectivity index (χ0n) is 15.1. The summed E-state index contributed by atoms with van der Waals surface area (Å²) in [6.45, 7) is 6.78. The Kier molecular flexibility index (Phi) is 4.76. The van der Waals surface area contributed by atoms with Gasteiger partial charge < -0.3 is 14.8 Å². The van der Waals surface area contributed by atoms with Gasteiger partial charge in [-0.25, -0.2) is 4.98 Å². The number of hydrogen-bond acceptors (Lipinski definition) is 4. The lowest BCUT2D eigenvalue weighted by atomic mass is 10.1. The summed E-state index contributed by atoms with van der Waals surface area (Å²) in [6.07, 6.45) is 1.74. The number of nitrogens with zero attached hydrogens (tertiary/aromatic N) is 4. The SMILES string of the molecule is CC(C)NC(=O)c1cn2c(n1)C(C)N(C(=O)c1cccc(C#N)c1)CC2. The summed E-state index contributed by atoms with van der Waals surface area (Å²) < 4.78 is 1.93. The largest absolute Gasteiger partial charge is 0.348 e. The summed E-state index contributed by atoms with van der Waals surface area (Å²) in [5.74, 6) is 0.334. The zero-order chi connectivity index (χ0) is 18.8. The van der Waals surface area contributed by atoms with Crippen LogP contribution in [0.3, 0.4) is 0 Å². The number of hydrogen-bond donors (Lipinski definition) is 1. The van der Waals surface area contributed by atoms with E-state index in [2.05, 4.69) is 16.4 Å². The summed E-state index contributed by atoms with van der Waals surface area (Å²) in [5, 5.41) is 11.9. The minimum atomic E-state index is -0.261. The lowest BCUT2D eigenvalue weighted by Crippen LogP contribution is -2.41. The van der Waals surface area contributed by atoms with Crippen molar-refractivity contribution in [3.8, 4) is 6.07 Å². The molecule has 0 saturated carbocycles. The van der Waals surface area contributed by atoms with E-state index in [4.69, 9.17) is 5.26 Å². The third kappa shape index (κ3) is 3.31. The Labute approximate surface area is 152 Å². The molecule has 1 N–H and O–H groups in total. The normalized spacial score (nSPS) is 16.1. The van der Waals surface area contributed by atoms with Crippen molar-refractivity contribution in [3.63, 3.8) is 0 Å². The molecule has 0 bridgehead atoms. The van der Waals surface area contributed by atoms with Crippen molar-refractivity contribution in [1.82, 2.24) is 19.8 Å². The van der Waals surface area contributed by atoms with Gasteiger partial charge in [0.25, 0.3) is 11.8 Å². The number of carbonyl (C=O) groups is 2. The second-order valence-corrected chi connectivity index (χ2v) is 6.67. The number of nitrogens with one attached hydrogen (secondary N) is 1. The number of imidazole rings is 1. The predicted octanol–water partition coefficient (Wildman–Crippen LogP) is 2.11. The van der Waals surface area contributed by atoms with Crippen LogP contribution in [0.2, 0.25) is 0 Å².